The Morgan fingerprint density at radius 2 is 1.26 bits per heavy atom. The van der Waals surface area contributed by atoms with E-state index in [2.05, 4.69) is 10.1 Å². The number of hydrogen-bond acceptors (Lipinski definition) is 4. The molecule has 4 aromatic carbocycles. The Balaban J connectivity index is 1.59. The first kappa shape index (κ1) is 21.9. The fourth-order valence-corrected chi connectivity index (χ4v) is 3.57. The molecule has 1 aromatic heterocycles. The van der Waals surface area contributed by atoms with Crippen molar-refractivity contribution < 1.29 is 0 Å². The van der Waals surface area contributed by atoms with Gasteiger partial charge in [-0.3, -0.25) is 9.79 Å². The first-order valence-corrected chi connectivity index (χ1v) is 11.2. The number of fused-ring (bicyclic) bond motifs is 1. The highest BCUT2D eigenvalue weighted by atomic mass is 16.1. The van der Waals surface area contributed by atoms with Gasteiger partial charge in [0.25, 0.3) is 5.56 Å². The molecule has 0 spiro atoms. The van der Waals surface area contributed by atoms with Crippen LogP contribution in [0.4, 0.5) is 5.69 Å². The van der Waals surface area contributed by atoms with E-state index in [1.165, 1.54) is 4.68 Å². The van der Waals surface area contributed by atoms with Crippen LogP contribution < -0.4 is 5.56 Å². The second-order valence-corrected chi connectivity index (χ2v) is 7.86. The third-order valence-corrected chi connectivity index (χ3v) is 5.36. The quantitative estimate of drug-likeness (QED) is 0.287. The minimum atomic E-state index is -0.242. The van der Waals surface area contributed by atoms with Gasteiger partial charge in [-0.15, -0.1) is 0 Å². The topological polar surface area (TPSA) is 59.6 Å². The predicted molar refractivity (Wildman–Crippen MR) is 145 cm³/mol. The minimum absolute atomic E-state index is 0.242. The highest BCUT2D eigenvalue weighted by molar-refractivity contribution is 5.86. The molecule has 5 nitrogen and oxygen atoms in total. The molecule has 0 aliphatic rings. The standard InChI is InChI=1S/C30H22N4O/c35-30-27-18-17-26(31-21-24-12-6-2-7-13-24)20-28(27)33-29(19-16-23-10-4-1-5-11-23)34(30)32-22-25-14-8-3-9-15-25/h1-22H/b19-16+,31-21?,32-22+. The van der Waals surface area contributed by atoms with Gasteiger partial charge in [0.05, 0.1) is 22.8 Å². The Kier molecular flexibility index (Phi) is 6.49. The number of hydrogen-bond donors (Lipinski definition) is 0. The van der Waals surface area contributed by atoms with Gasteiger partial charge in [0, 0.05) is 6.21 Å². The lowest BCUT2D eigenvalue weighted by Crippen LogP contribution is -2.20. The molecule has 1 heterocycles. The average molecular weight is 455 g/mol. The molecule has 0 bridgehead atoms. The lowest BCUT2D eigenvalue weighted by molar-refractivity contribution is 0.804. The van der Waals surface area contributed by atoms with Gasteiger partial charge in [-0.2, -0.15) is 9.78 Å². The van der Waals surface area contributed by atoms with Crippen molar-refractivity contribution in [1.29, 1.82) is 0 Å². The largest absolute Gasteiger partial charge is 0.282 e. The number of nitrogens with zero attached hydrogens (tertiary/aromatic N) is 4. The van der Waals surface area contributed by atoms with Crippen LogP contribution in [0.25, 0.3) is 23.1 Å². The molecule has 0 saturated heterocycles. The van der Waals surface area contributed by atoms with Crippen LogP contribution in [0, 0.1) is 0 Å². The van der Waals surface area contributed by atoms with Gasteiger partial charge in [0.15, 0.2) is 5.82 Å². The zero-order valence-electron chi connectivity index (χ0n) is 18.9. The van der Waals surface area contributed by atoms with Gasteiger partial charge < -0.3 is 0 Å². The molecule has 0 unspecified atom stereocenters. The summed E-state index contributed by atoms with van der Waals surface area (Å²) in [7, 11) is 0. The highest BCUT2D eigenvalue weighted by Gasteiger charge is 2.09. The first-order chi connectivity index (χ1) is 17.3. The second-order valence-electron chi connectivity index (χ2n) is 7.86. The van der Waals surface area contributed by atoms with Gasteiger partial charge in [-0.05, 0) is 41.0 Å². The van der Waals surface area contributed by atoms with Crippen molar-refractivity contribution in [3.8, 4) is 0 Å². The number of aromatic nitrogens is 2. The van der Waals surface area contributed by atoms with Crippen LogP contribution in [0.5, 0.6) is 0 Å². The maximum Gasteiger partial charge on any atom is 0.282 e. The molecule has 5 aromatic rings. The minimum Gasteiger partial charge on any atom is -0.267 e. The van der Waals surface area contributed by atoms with Crippen LogP contribution in [0.2, 0.25) is 0 Å². The summed E-state index contributed by atoms with van der Waals surface area (Å²) in [4.78, 5) is 22.7. The summed E-state index contributed by atoms with van der Waals surface area (Å²) < 4.78 is 1.34. The molecule has 168 valence electrons. The van der Waals surface area contributed by atoms with Crippen LogP contribution >= 0.6 is 0 Å². The third kappa shape index (κ3) is 5.37. The lowest BCUT2D eigenvalue weighted by atomic mass is 10.2. The maximum absolute atomic E-state index is 13.4. The Bertz CT molecular complexity index is 1590. The molecule has 0 aliphatic carbocycles. The summed E-state index contributed by atoms with van der Waals surface area (Å²) in [5, 5.41) is 4.95. The second kappa shape index (κ2) is 10.4. The molecule has 0 N–H and O–H groups in total. The molecule has 0 radical (unpaired) electrons. The fraction of sp³-hybridized carbons (Fsp3) is 0. The molecule has 0 amide bonds. The summed E-state index contributed by atoms with van der Waals surface area (Å²) in [6.45, 7) is 0. The lowest BCUT2D eigenvalue weighted by Gasteiger charge is -2.07. The highest BCUT2D eigenvalue weighted by Crippen LogP contribution is 2.19. The zero-order chi connectivity index (χ0) is 23.9. The molecular weight excluding hydrogens is 432 g/mol. The van der Waals surface area contributed by atoms with Crippen molar-refractivity contribution >= 4 is 41.2 Å². The van der Waals surface area contributed by atoms with Crippen molar-refractivity contribution in [2.45, 2.75) is 0 Å². The molecule has 5 rings (SSSR count). The Hall–Kier alpha value is -4.90. The van der Waals surface area contributed by atoms with E-state index in [0.717, 1.165) is 22.4 Å². The first-order valence-electron chi connectivity index (χ1n) is 11.2. The average Bonchev–Trinajstić information content (AvgIpc) is 2.92. The van der Waals surface area contributed by atoms with Crippen molar-refractivity contribution in [3.63, 3.8) is 0 Å². The molecule has 5 heteroatoms. The molecular formula is C30H22N4O. The van der Waals surface area contributed by atoms with E-state index < -0.39 is 0 Å². The van der Waals surface area contributed by atoms with Crippen molar-refractivity contribution in [2.75, 3.05) is 0 Å². The van der Waals surface area contributed by atoms with E-state index in [-0.39, 0.29) is 5.56 Å². The van der Waals surface area contributed by atoms with Crippen LogP contribution in [-0.4, -0.2) is 22.1 Å². The van der Waals surface area contributed by atoms with E-state index in [0.29, 0.717) is 16.7 Å². The van der Waals surface area contributed by atoms with Crippen LogP contribution in [0.1, 0.15) is 22.5 Å². The summed E-state index contributed by atoms with van der Waals surface area (Å²) in [5.41, 5.74) is 3.93. The monoisotopic (exact) mass is 454 g/mol. The smallest absolute Gasteiger partial charge is 0.267 e. The van der Waals surface area contributed by atoms with Crippen molar-refractivity contribution in [2.24, 2.45) is 10.1 Å². The van der Waals surface area contributed by atoms with Gasteiger partial charge in [0.2, 0.25) is 0 Å². The Morgan fingerprint density at radius 1 is 0.657 bits per heavy atom. The maximum atomic E-state index is 13.4. The van der Waals surface area contributed by atoms with E-state index in [1.54, 1.807) is 24.6 Å². The Morgan fingerprint density at radius 3 is 1.91 bits per heavy atom. The third-order valence-electron chi connectivity index (χ3n) is 5.36. The van der Waals surface area contributed by atoms with Crippen LogP contribution in [0.15, 0.2) is 124 Å². The normalized spacial score (nSPS) is 11.8. The van der Waals surface area contributed by atoms with Gasteiger partial charge in [-0.1, -0.05) is 97.1 Å². The molecule has 0 saturated carbocycles. The number of benzene rings is 4. The molecule has 0 fully saturated rings. The van der Waals surface area contributed by atoms with Gasteiger partial charge in [-0.25, -0.2) is 4.98 Å². The molecule has 0 aliphatic heterocycles. The van der Waals surface area contributed by atoms with Gasteiger partial charge in [0.1, 0.15) is 0 Å². The molecule has 35 heavy (non-hydrogen) atoms. The van der Waals surface area contributed by atoms with E-state index in [4.69, 9.17) is 4.98 Å². The van der Waals surface area contributed by atoms with Crippen LogP contribution in [-0.2, 0) is 0 Å². The Labute approximate surface area is 203 Å². The predicted octanol–water partition coefficient (Wildman–Crippen LogP) is 6.20. The summed E-state index contributed by atoms with van der Waals surface area (Å²) in [5.74, 6) is 0.433. The summed E-state index contributed by atoms with van der Waals surface area (Å²) in [6.07, 6.45) is 7.17. The van der Waals surface area contributed by atoms with E-state index in [9.17, 15) is 4.79 Å². The van der Waals surface area contributed by atoms with Crippen molar-refractivity contribution in [3.05, 3.63) is 142 Å². The number of aliphatic imine (C=N–C) groups is 1. The van der Waals surface area contributed by atoms with Gasteiger partial charge >= 0.3 is 0 Å². The summed E-state index contributed by atoms with van der Waals surface area (Å²) >= 11 is 0. The SMILES string of the molecule is O=c1c2ccc(N=Cc3ccccc3)cc2nc(/C=C/c2ccccc2)n1/N=C/c1ccccc1. The van der Waals surface area contributed by atoms with Crippen molar-refractivity contribution in [1.82, 2.24) is 9.66 Å². The summed E-state index contributed by atoms with van der Waals surface area (Å²) in [6, 6.07) is 34.8. The molecule has 0 atom stereocenters. The number of rotatable bonds is 6. The van der Waals surface area contributed by atoms with E-state index >= 15 is 0 Å². The zero-order valence-corrected chi connectivity index (χ0v) is 18.9. The fourth-order valence-electron chi connectivity index (χ4n) is 3.57. The van der Waals surface area contributed by atoms with E-state index in [1.807, 2.05) is 109 Å². The van der Waals surface area contributed by atoms with Crippen LogP contribution in [0.3, 0.4) is 0 Å².